The number of hydrogen-bond acceptors (Lipinski definition) is 6. The van der Waals surface area contributed by atoms with E-state index in [1.165, 1.54) is 43.1 Å². The molecule has 0 unspecified atom stereocenters. The van der Waals surface area contributed by atoms with Crippen LogP contribution in [-0.2, 0) is 11.2 Å². The van der Waals surface area contributed by atoms with Crippen molar-refractivity contribution in [2.24, 2.45) is 0 Å². The summed E-state index contributed by atoms with van der Waals surface area (Å²) in [5.74, 6) is 0.227. The maximum Gasteiger partial charge on any atom is 0.268 e. The Morgan fingerprint density at radius 1 is 1.22 bits per heavy atom. The smallest absolute Gasteiger partial charge is 0.268 e. The van der Waals surface area contributed by atoms with Crippen molar-refractivity contribution in [3.05, 3.63) is 40.4 Å². The van der Waals surface area contributed by atoms with Crippen molar-refractivity contribution in [1.29, 1.82) is 5.26 Å². The lowest BCUT2D eigenvalue weighted by atomic mass is 10.1. The van der Waals surface area contributed by atoms with E-state index in [0.717, 1.165) is 23.4 Å². The number of hydrogen-bond donors (Lipinski definition) is 1. The minimum Gasteiger partial charge on any atom is -0.497 e. The fraction of sp³-hybridized carbons (Fsp3) is 0.400. The number of benzene rings is 1. The number of ether oxygens (including phenoxy) is 1. The van der Waals surface area contributed by atoms with E-state index >= 15 is 0 Å². The number of aryl methyl sites for hydroxylation is 1. The summed E-state index contributed by atoms with van der Waals surface area (Å²) in [5.41, 5.74) is 0.754. The quantitative estimate of drug-likeness (QED) is 0.367. The molecule has 1 N–H and O–H groups in total. The summed E-state index contributed by atoms with van der Waals surface area (Å²) in [6.45, 7) is 2.19. The second-order valence-corrected chi connectivity index (χ2v) is 7.12. The number of nitrogens with zero attached hydrogens (tertiary/aromatic N) is 3. The van der Waals surface area contributed by atoms with Crippen molar-refractivity contribution in [1.82, 2.24) is 10.2 Å². The Morgan fingerprint density at radius 3 is 2.63 bits per heavy atom. The number of aromatic nitrogens is 2. The third kappa shape index (κ3) is 6.83. The van der Waals surface area contributed by atoms with Crippen LogP contribution in [0.5, 0.6) is 5.75 Å². The molecule has 0 fully saturated rings. The predicted octanol–water partition coefficient (Wildman–Crippen LogP) is 4.61. The van der Waals surface area contributed by atoms with Gasteiger partial charge in [0.25, 0.3) is 5.91 Å². The normalized spacial score (nSPS) is 11.1. The predicted molar refractivity (Wildman–Crippen MR) is 108 cm³/mol. The van der Waals surface area contributed by atoms with Gasteiger partial charge >= 0.3 is 0 Å². The van der Waals surface area contributed by atoms with Gasteiger partial charge < -0.3 is 4.74 Å². The average molecular weight is 385 g/mol. The molecule has 1 aromatic carbocycles. The maximum absolute atomic E-state index is 12.3. The van der Waals surface area contributed by atoms with E-state index in [-0.39, 0.29) is 5.57 Å². The molecule has 0 saturated carbocycles. The number of carbonyl (C=O) groups excluding carboxylic acids is 1. The molecule has 7 heteroatoms. The van der Waals surface area contributed by atoms with Gasteiger partial charge in [0.05, 0.1) is 7.11 Å². The van der Waals surface area contributed by atoms with E-state index in [2.05, 4.69) is 22.4 Å². The van der Waals surface area contributed by atoms with Gasteiger partial charge in [0.1, 0.15) is 22.4 Å². The number of methoxy groups -OCH3 is 1. The van der Waals surface area contributed by atoms with Gasteiger partial charge in [-0.1, -0.05) is 56.1 Å². The highest BCUT2D eigenvalue weighted by Gasteiger charge is 2.13. The van der Waals surface area contributed by atoms with Gasteiger partial charge in [-0.15, -0.1) is 10.2 Å². The van der Waals surface area contributed by atoms with Crippen LogP contribution in [0.1, 0.15) is 49.6 Å². The number of amides is 1. The van der Waals surface area contributed by atoms with Crippen LogP contribution in [0.4, 0.5) is 5.13 Å². The molecule has 1 aromatic heterocycles. The first kappa shape index (κ1) is 20.6. The van der Waals surface area contributed by atoms with Crippen LogP contribution in [0, 0.1) is 11.3 Å². The molecule has 0 spiro atoms. The van der Waals surface area contributed by atoms with Gasteiger partial charge in [-0.2, -0.15) is 5.26 Å². The highest BCUT2D eigenvalue weighted by Crippen LogP contribution is 2.19. The van der Waals surface area contributed by atoms with Gasteiger partial charge in [-0.3, -0.25) is 10.1 Å². The third-order valence-electron chi connectivity index (χ3n) is 3.97. The van der Waals surface area contributed by atoms with Gasteiger partial charge in [0.15, 0.2) is 0 Å². The number of nitriles is 1. The molecule has 142 valence electrons. The van der Waals surface area contributed by atoms with E-state index in [0.29, 0.717) is 10.9 Å². The van der Waals surface area contributed by atoms with Crippen LogP contribution in [0.3, 0.4) is 0 Å². The zero-order valence-corrected chi connectivity index (χ0v) is 16.5. The summed E-state index contributed by atoms with van der Waals surface area (Å²) < 4.78 is 5.10. The lowest BCUT2D eigenvalue weighted by molar-refractivity contribution is -0.112. The number of anilines is 1. The maximum atomic E-state index is 12.3. The summed E-state index contributed by atoms with van der Waals surface area (Å²) in [6.07, 6.45) is 8.37. The number of carbonyl (C=O) groups is 1. The van der Waals surface area contributed by atoms with Crippen molar-refractivity contribution in [2.75, 3.05) is 12.4 Å². The molecule has 1 amide bonds. The fourth-order valence-corrected chi connectivity index (χ4v) is 3.24. The zero-order chi connectivity index (χ0) is 19.5. The first-order valence-corrected chi connectivity index (χ1v) is 9.87. The van der Waals surface area contributed by atoms with E-state index in [1.54, 1.807) is 31.4 Å². The lowest BCUT2D eigenvalue weighted by Gasteiger charge is -2.01. The van der Waals surface area contributed by atoms with E-state index in [9.17, 15) is 10.1 Å². The Hall–Kier alpha value is -2.72. The lowest BCUT2D eigenvalue weighted by Crippen LogP contribution is -2.13. The van der Waals surface area contributed by atoms with Gasteiger partial charge in [0, 0.05) is 6.42 Å². The van der Waals surface area contributed by atoms with Crippen LogP contribution in [-0.4, -0.2) is 23.2 Å². The number of rotatable bonds is 10. The van der Waals surface area contributed by atoms with E-state index in [1.807, 2.05) is 6.07 Å². The summed E-state index contributed by atoms with van der Waals surface area (Å²) in [6, 6.07) is 9.05. The first-order valence-electron chi connectivity index (χ1n) is 9.05. The van der Waals surface area contributed by atoms with Crippen molar-refractivity contribution in [3.8, 4) is 11.8 Å². The van der Waals surface area contributed by atoms with Crippen LogP contribution >= 0.6 is 11.3 Å². The van der Waals surface area contributed by atoms with Crippen molar-refractivity contribution >= 4 is 28.5 Å². The highest BCUT2D eigenvalue weighted by atomic mass is 32.1. The van der Waals surface area contributed by atoms with Crippen molar-refractivity contribution in [2.45, 2.75) is 45.4 Å². The van der Waals surface area contributed by atoms with Crippen molar-refractivity contribution < 1.29 is 9.53 Å². The number of unbranched alkanes of at least 4 members (excludes halogenated alkanes) is 4. The highest BCUT2D eigenvalue weighted by molar-refractivity contribution is 7.15. The molecule has 0 atom stereocenters. The molecule has 1 heterocycles. The molecule has 0 bridgehead atoms. The standard InChI is InChI=1S/C20H24N4O2S/c1-3-4-5-6-7-8-18-23-24-20(27-18)22-19(25)16(14-21)13-15-9-11-17(26-2)12-10-15/h9-13H,3-8H2,1-2H3,(H,22,24,25)/b16-13-. The summed E-state index contributed by atoms with van der Waals surface area (Å²) in [7, 11) is 1.58. The molecule has 2 rings (SSSR count). The monoisotopic (exact) mass is 384 g/mol. The van der Waals surface area contributed by atoms with E-state index in [4.69, 9.17) is 4.74 Å². The Bertz CT molecular complexity index is 806. The molecule has 0 aliphatic heterocycles. The van der Waals surface area contributed by atoms with Gasteiger partial charge in [-0.25, -0.2) is 0 Å². The molecule has 27 heavy (non-hydrogen) atoms. The second-order valence-electron chi connectivity index (χ2n) is 6.06. The van der Waals surface area contributed by atoms with E-state index < -0.39 is 5.91 Å². The largest absolute Gasteiger partial charge is 0.497 e. The first-order chi connectivity index (χ1) is 13.2. The van der Waals surface area contributed by atoms with Crippen molar-refractivity contribution in [3.63, 3.8) is 0 Å². The summed E-state index contributed by atoms with van der Waals surface area (Å²) in [4.78, 5) is 12.3. The molecule has 6 nitrogen and oxygen atoms in total. The molecule has 0 aliphatic rings. The topological polar surface area (TPSA) is 87.9 Å². The zero-order valence-electron chi connectivity index (χ0n) is 15.7. The Kier molecular flexibility index (Phi) is 8.46. The van der Waals surface area contributed by atoms with Crippen LogP contribution in [0.25, 0.3) is 6.08 Å². The molecular weight excluding hydrogens is 360 g/mol. The number of nitrogens with one attached hydrogen (secondary N) is 1. The SMILES string of the molecule is CCCCCCCc1nnc(NC(=O)/C(C#N)=C\c2ccc(OC)cc2)s1. The minimum atomic E-state index is -0.487. The Morgan fingerprint density at radius 2 is 1.96 bits per heavy atom. The third-order valence-corrected chi connectivity index (χ3v) is 4.87. The van der Waals surface area contributed by atoms with Gasteiger partial charge in [-0.05, 0) is 30.2 Å². The summed E-state index contributed by atoms with van der Waals surface area (Å²) >= 11 is 1.36. The molecule has 2 aromatic rings. The fourth-order valence-electron chi connectivity index (χ4n) is 2.46. The molecule has 0 saturated heterocycles. The minimum absolute atomic E-state index is 0.0106. The van der Waals surface area contributed by atoms with Gasteiger partial charge in [0.2, 0.25) is 5.13 Å². The van der Waals surface area contributed by atoms with Crippen LogP contribution in [0.2, 0.25) is 0 Å². The van der Waals surface area contributed by atoms with Crippen LogP contribution < -0.4 is 10.1 Å². The Balaban J connectivity index is 1.92. The molecular formula is C20H24N4O2S. The molecule has 0 radical (unpaired) electrons. The van der Waals surface area contributed by atoms with Crippen LogP contribution in [0.15, 0.2) is 29.8 Å². The molecule has 0 aliphatic carbocycles. The average Bonchev–Trinajstić information content (AvgIpc) is 3.13. The summed E-state index contributed by atoms with van der Waals surface area (Å²) in [5, 5.41) is 21.4. The Labute approximate surface area is 163 Å². The second kappa shape index (κ2) is 11.1.